The van der Waals surface area contributed by atoms with Crippen molar-refractivity contribution in [3.05, 3.63) is 30.0 Å². The summed E-state index contributed by atoms with van der Waals surface area (Å²) >= 11 is 0. The summed E-state index contributed by atoms with van der Waals surface area (Å²) in [6.45, 7) is 2.01. The first kappa shape index (κ1) is 15.1. The van der Waals surface area contributed by atoms with Crippen LogP contribution in [0.15, 0.2) is 18.7 Å². The minimum atomic E-state index is 0.413. The summed E-state index contributed by atoms with van der Waals surface area (Å²) in [7, 11) is 1.62. The highest BCUT2D eigenvalue weighted by Crippen LogP contribution is 2.30. The third-order valence-corrected chi connectivity index (χ3v) is 4.85. The van der Waals surface area contributed by atoms with Crippen molar-refractivity contribution in [1.82, 2.24) is 19.9 Å². The second-order valence-corrected chi connectivity index (χ2v) is 6.33. The molecule has 1 saturated heterocycles. The Morgan fingerprint density at radius 2 is 1.92 bits per heavy atom. The Morgan fingerprint density at radius 3 is 2.75 bits per heavy atom. The van der Waals surface area contributed by atoms with E-state index < -0.39 is 0 Å². The van der Waals surface area contributed by atoms with Gasteiger partial charge in [-0.3, -0.25) is 0 Å². The van der Waals surface area contributed by atoms with Gasteiger partial charge in [-0.15, -0.1) is 0 Å². The molecule has 0 saturated carbocycles. The molecule has 7 nitrogen and oxygen atoms in total. The zero-order valence-electron chi connectivity index (χ0n) is 13.9. The van der Waals surface area contributed by atoms with E-state index in [4.69, 9.17) is 4.74 Å². The maximum atomic E-state index is 5.15. The van der Waals surface area contributed by atoms with Gasteiger partial charge in [0.15, 0.2) is 0 Å². The van der Waals surface area contributed by atoms with Gasteiger partial charge < -0.3 is 15.0 Å². The maximum Gasteiger partial charge on any atom is 0.218 e. The first-order chi connectivity index (χ1) is 11.8. The minimum Gasteiger partial charge on any atom is -0.481 e. The summed E-state index contributed by atoms with van der Waals surface area (Å²) in [6, 6.07) is 2.25. The van der Waals surface area contributed by atoms with Gasteiger partial charge in [0.05, 0.1) is 7.11 Å². The third kappa shape index (κ3) is 2.98. The molecule has 4 rings (SSSR count). The molecule has 0 spiro atoms. The average molecular weight is 326 g/mol. The van der Waals surface area contributed by atoms with Crippen LogP contribution in [0, 0.1) is 0 Å². The lowest BCUT2D eigenvalue weighted by molar-refractivity contribution is 0.397. The van der Waals surface area contributed by atoms with Crippen LogP contribution in [0.5, 0.6) is 5.88 Å². The quantitative estimate of drug-likeness (QED) is 0.918. The highest BCUT2D eigenvalue weighted by atomic mass is 16.5. The van der Waals surface area contributed by atoms with Gasteiger partial charge in [-0.2, -0.15) is 0 Å². The van der Waals surface area contributed by atoms with Gasteiger partial charge in [0, 0.05) is 36.5 Å². The molecule has 0 unspecified atom stereocenters. The van der Waals surface area contributed by atoms with E-state index in [0.717, 1.165) is 50.4 Å². The van der Waals surface area contributed by atoms with Gasteiger partial charge in [-0.1, -0.05) is 0 Å². The van der Waals surface area contributed by atoms with E-state index in [2.05, 4.69) is 30.2 Å². The first-order valence-electron chi connectivity index (χ1n) is 8.54. The topological polar surface area (TPSA) is 76.1 Å². The normalized spacial score (nSPS) is 17.6. The Morgan fingerprint density at radius 1 is 1.08 bits per heavy atom. The standard InChI is InChI=1S/C17H22N6O/c1-24-16-9-15(19-11-20-16)22-12-5-7-23(8-6-12)17-13-3-2-4-14(13)18-10-21-17/h9-12H,2-8H2,1H3,(H,19,20,22). The van der Waals surface area contributed by atoms with Crippen molar-refractivity contribution < 1.29 is 4.74 Å². The number of anilines is 2. The summed E-state index contributed by atoms with van der Waals surface area (Å²) < 4.78 is 5.15. The lowest BCUT2D eigenvalue weighted by Gasteiger charge is -2.34. The molecule has 2 aliphatic rings. The van der Waals surface area contributed by atoms with Crippen molar-refractivity contribution in [3.8, 4) is 5.88 Å². The zero-order valence-corrected chi connectivity index (χ0v) is 13.9. The highest BCUT2D eigenvalue weighted by molar-refractivity contribution is 5.51. The van der Waals surface area contributed by atoms with Crippen molar-refractivity contribution in [2.75, 3.05) is 30.4 Å². The van der Waals surface area contributed by atoms with Gasteiger partial charge in [0.1, 0.15) is 24.3 Å². The Kier molecular flexibility index (Phi) is 4.15. The van der Waals surface area contributed by atoms with E-state index in [9.17, 15) is 0 Å². The van der Waals surface area contributed by atoms with Crippen molar-refractivity contribution in [3.63, 3.8) is 0 Å². The molecule has 0 amide bonds. The molecule has 3 heterocycles. The average Bonchev–Trinajstić information content (AvgIpc) is 3.11. The fourth-order valence-electron chi connectivity index (χ4n) is 3.59. The van der Waals surface area contributed by atoms with Gasteiger partial charge in [-0.05, 0) is 32.1 Å². The predicted molar refractivity (Wildman–Crippen MR) is 91.5 cm³/mol. The zero-order chi connectivity index (χ0) is 16.4. The van der Waals surface area contributed by atoms with Gasteiger partial charge >= 0.3 is 0 Å². The van der Waals surface area contributed by atoms with Crippen LogP contribution < -0.4 is 15.0 Å². The SMILES string of the molecule is COc1cc(NC2CCN(c3ncnc4c3CCC4)CC2)ncn1. The fraction of sp³-hybridized carbons (Fsp3) is 0.529. The van der Waals surface area contributed by atoms with E-state index in [1.54, 1.807) is 13.4 Å². The number of nitrogens with zero attached hydrogens (tertiary/aromatic N) is 5. The number of rotatable bonds is 4. The molecular weight excluding hydrogens is 304 g/mol. The minimum absolute atomic E-state index is 0.413. The lowest BCUT2D eigenvalue weighted by atomic mass is 10.0. The lowest BCUT2D eigenvalue weighted by Crippen LogP contribution is -2.40. The first-order valence-corrected chi connectivity index (χ1v) is 8.54. The predicted octanol–water partition coefficient (Wildman–Crippen LogP) is 1.84. The second-order valence-electron chi connectivity index (χ2n) is 6.33. The Labute approximate surface area is 141 Å². The van der Waals surface area contributed by atoms with Crippen LogP contribution in [0.25, 0.3) is 0 Å². The number of aryl methyl sites for hydroxylation is 1. The number of fused-ring (bicyclic) bond motifs is 1. The van der Waals surface area contributed by atoms with Crippen LogP contribution in [0.4, 0.5) is 11.6 Å². The molecule has 0 radical (unpaired) electrons. The number of nitrogens with one attached hydrogen (secondary N) is 1. The molecule has 1 aliphatic carbocycles. The Balaban J connectivity index is 1.39. The molecule has 7 heteroatoms. The smallest absolute Gasteiger partial charge is 0.218 e. The van der Waals surface area contributed by atoms with Crippen molar-refractivity contribution in [2.24, 2.45) is 0 Å². The van der Waals surface area contributed by atoms with Gasteiger partial charge in [-0.25, -0.2) is 19.9 Å². The molecular formula is C17H22N6O. The number of hydrogen-bond donors (Lipinski definition) is 1. The van der Waals surface area contributed by atoms with E-state index in [-0.39, 0.29) is 0 Å². The molecule has 1 aliphatic heterocycles. The molecule has 1 N–H and O–H groups in total. The molecule has 24 heavy (non-hydrogen) atoms. The largest absolute Gasteiger partial charge is 0.481 e. The Bertz CT molecular complexity index is 714. The maximum absolute atomic E-state index is 5.15. The number of piperidine rings is 1. The van der Waals surface area contributed by atoms with E-state index >= 15 is 0 Å². The second kappa shape index (κ2) is 6.59. The fourth-order valence-corrected chi connectivity index (χ4v) is 3.59. The van der Waals surface area contributed by atoms with Crippen LogP contribution in [0.2, 0.25) is 0 Å². The molecule has 0 aromatic carbocycles. The number of ether oxygens (including phenoxy) is 1. The summed E-state index contributed by atoms with van der Waals surface area (Å²) in [5.41, 5.74) is 2.61. The van der Waals surface area contributed by atoms with Crippen LogP contribution in [-0.2, 0) is 12.8 Å². The summed E-state index contributed by atoms with van der Waals surface area (Å²) in [5, 5.41) is 3.49. The number of methoxy groups -OCH3 is 1. The van der Waals surface area contributed by atoms with Crippen LogP contribution in [-0.4, -0.2) is 46.2 Å². The van der Waals surface area contributed by atoms with E-state index in [0.29, 0.717) is 11.9 Å². The summed E-state index contributed by atoms with van der Waals surface area (Å²) in [6.07, 6.45) is 8.78. The molecule has 0 bridgehead atoms. The van der Waals surface area contributed by atoms with Gasteiger partial charge in [0.25, 0.3) is 0 Å². The van der Waals surface area contributed by atoms with Gasteiger partial charge in [0.2, 0.25) is 5.88 Å². The Hall–Kier alpha value is -2.44. The van der Waals surface area contributed by atoms with Crippen LogP contribution >= 0.6 is 0 Å². The monoisotopic (exact) mass is 326 g/mol. The van der Waals surface area contributed by atoms with Crippen molar-refractivity contribution in [2.45, 2.75) is 38.1 Å². The molecule has 2 aromatic heterocycles. The summed E-state index contributed by atoms with van der Waals surface area (Å²) in [4.78, 5) is 19.7. The molecule has 1 fully saturated rings. The van der Waals surface area contributed by atoms with Crippen LogP contribution in [0.3, 0.4) is 0 Å². The molecule has 2 aromatic rings. The summed E-state index contributed by atoms with van der Waals surface area (Å²) in [5.74, 6) is 2.56. The van der Waals surface area contributed by atoms with Crippen molar-refractivity contribution >= 4 is 11.6 Å². The third-order valence-electron chi connectivity index (χ3n) is 4.85. The van der Waals surface area contributed by atoms with Crippen molar-refractivity contribution in [1.29, 1.82) is 0 Å². The highest BCUT2D eigenvalue weighted by Gasteiger charge is 2.25. The van der Waals surface area contributed by atoms with E-state index in [1.807, 2.05) is 6.07 Å². The van der Waals surface area contributed by atoms with Crippen LogP contribution in [0.1, 0.15) is 30.5 Å². The van der Waals surface area contributed by atoms with E-state index in [1.165, 1.54) is 24.0 Å². The molecule has 0 atom stereocenters. The number of aromatic nitrogens is 4. The molecule has 126 valence electrons. The number of hydrogen-bond acceptors (Lipinski definition) is 7.